The van der Waals surface area contributed by atoms with Gasteiger partial charge in [-0.3, -0.25) is 4.79 Å². The summed E-state index contributed by atoms with van der Waals surface area (Å²) in [5.74, 6) is 0.430. The van der Waals surface area contributed by atoms with Crippen LogP contribution in [0.5, 0.6) is 0 Å². The van der Waals surface area contributed by atoms with Gasteiger partial charge in [-0.05, 0) is 26.2 Å². The van der Waals surface area contributed by atoms with Crippen molar-refractivity contribution in [3.05, 3.63) is 0 Å². The third-order valence-corrected chi connectivity index (χ3v) is 5.87. The average Bonchev–Trinajstić information content (AvgIpc) is 2.30. The van der Waals surface area contributed by atoms with Crippen molar-refractivity contribution in [1.29, 1.82) is 0 Å². The highest BCUT2D eigenvalue weighted by molar-refractivity contribution is 6.60. The molecule has 16 heavy (non-hydrogen) atoms. The topological polar surface area (TPSA) is 44.8 Å². The van der Waals surface area contributed by atoms with E-state index in [2.05, 4.69) is 0 Å². The van der Waals surface area contributed by atoms with Crippen LogP contribution in [0, 0.1) is 5.92 Å². The normalized spacial score (nSPS) is 13.8. The fourth-order valence-electron chi connectivity index (χ4n) is 1.82. The summed E-state index contributed by atoms with van der Waals surface area (Å²) in [6, 6.07) is 0.764. The first-order valence-electron chi connectivity index (χ1n) is 5.71. The van der Waals surface area contributed by atoms with Gasteiger partial charge in [0.25, 0.3) is 0 Å². The van der Waals surface area contributed by atoms with E-state index in [-0.39, 0.29) is 11.7 Å². The SMILES string of the molecule is CCC(CCC[Si](OC)(OC)OC)C(C)=O. The molecular weight excluding hydrogens is 224 g/mol. The number of rotatable bonds is 9. The van der Waals surface area contributed by atoms with Crippen LogP contribution in [-0.2, 0) is 18.1 Å². The Balaban J connectivity index is 4.07. The molecule has 0 aromatic carbocycles. The highest BCUT2D eigenvalue weighted by Gasteiger charge is 2.37. The highest BCUT2D eigenvalue weighted by atomic mass is 28.4. The van der Waals surface area contributed by atoms with Crippen LogP contribution in [0.4, 0.5) is 0 Å². The molecule has 5 heteroatoms. The van der Waals surface area contributed by atoms with Crippen LogP contribution in [0.3, 0.4) is 0 Å². The molecule has 0 fully saturated rings. The lowest BCUT2D eigenvalue weighted by molar-refractivity contribution is -0.121. The largest absolute Gasteiger partial charge is 0.500 e. The third-order valence-electron chi connectivity index (χ3n) is 3.04. The van der Waals surface area contributed by atoms with Crippen LogP contribution in [0.25, 0.3) is 0 Å². The predicted octanol–water partition coefficient (Wildman–Crippen LogP) is 2.26. The van der Waals surface area contributed by atoms with Gasteiger partial charge in [0, 0.05) is 33.3 Å². The quantitative estimate of drug-likeness (QED) is 0.587. The van der Waals surface area contributed by atoms with E-state index in [4.69, 9.17) is 13.3 Å². The van der Waals surface area contributed by atoms with Crippen LogP contribution in [-0.4, -0.2) is 35.9 Å². The Bertz CT molecular complexity index is 196. The van der Waals surface area contributed by atoms with Crippen LogP contribution in [0.1, 0.15) is 33.1 Å². The molecule has 0 aliphatic heterocycles. The van der Waals surface area contributed by atoms with Crippen LogP contribution in [0.15, 0.2) is 0 Å². The first kappa shape index (κ1) is 15.8. The Labute approximate surface area is 99.6 Å². The number of carbonyl (C=O) groups excluding carboxylic acids is 1. The van der Waals surface area contributed by atoms with E-state index in [0.29, 0.717) is 0 Å². The molecule has 0 amide bonds. The Morgan fingerprint density at radius 3 is 2.00 bits per heavy atom. The van der Waals surface area contributed by atoms with Gasteiger partial charge >= 0.3 is 8.80 Å². The predicted molar refractivity (Wildman–Crippen MR) is 65.3 cm³/mol. The third kappa shape index (κ3) is 4.74. The van der Waals surface area contributed by atoms with Gasteiger partial charge < -0.3 is 13.3 Å². The number of ketones is 1. The minimum absolute atomic E-state index is 0.164. The highest BCUT2D eigenvalue weighted by Crippen LogP contribution is 2.20. The van der Waals surface area contributed by atoms with Crippen LogP contribution in [0.2, 0.25) is 6.04 Å². The summed E-state index contributed by atoms with van der Waals surface area (Å²) in [6.07, 6.45) is 2.69. The lowest BCUT2D eigenvalue weighted by Gasteiger charge is -2.24. The first-order chi connectivity index (χ1) is 7.55. The Morgan fingerprint density at radius 1 is 1.19 bits per heavy atom. The fraction of sp³-hybridized carbons (Fsp3) is 0.909. The lowest BCUT2D eigenvalue weighted by atomic mass is 9.97. The minimum Gasteiger partial charge on any atom is -0.377 e. The van der Waals surface area contributed by atoms with Gasteiger partial charge in [-0.25, -0.2) is 0 Å². The Morgan fingerprint density at radius 2 is 1.69 bits per heavy atom. The average molecular weight is 248 g/mol. The molecule has 1 unspecified atom stereocenters. The second-order valence-electron chi connectivity index (χ2n) is 3.90. The molecule has 0 aromatic heterocycles. The maximum Gasteiger partial charge on any atom is 0.500 e. The maximum atomic E-state index is 11.3. The molecule has 96 valence electrons. The number of carbonyl (C=O) groups is 1. The van der Waals surface area contributed by atoms with E-state index in [0.717, 1.165) is 25.3 Å². The van der Waals surface area contributed by atoms with E-state index < -0.39 is 8.80 Å². The molecule has 0 aliphatic carbocycles. The second kappa shape index (κ2) is 7.95. The van der Waals surface area contributed by atoms with Crippen molar-refractivity contribution < 1.29 is 18.1 Å². The summed E-state index contributed by atoms with van der Waals surface area (Å²) in [4.78, 5) is 11.3. The molecular formula is C11H24O4Si. The van der Waals surface area contributed by atoms with E-state index in [1.165, 1.54) is 0 Å². The molecule has 0 rings (SSSR count). The van der Waals surface area contributed by atoms with E-state index in [1.54, 1.807) is 28.3 Å². The number of Topliss-reactive ketones (excluding diaryl/α,β-unsaturated/α-hetero) is 1. The minimum atomic E-state index is -2.44. The van der Waals surface area contributed by atoms with Crippen molar-refractivity contribution in [3.8, 4) is 0 Å². The standard InChI is InChI=1S/C11H24O4Si/c1-6-11(10(2)12)8-7-9-16(13-3,14-4)15-5/h11H,6-9H2,1-5H3. The molecule has 4 nitrogen and oxygen atoms in total. The Kier molecular flexibility index (Phi) is 7.83. The summed E-state index contributed by atoms with van der Waals surface area (Å²) in [6.45, 7) is 3.70. The monoisotopic (exact) mass is 248 g/mol. The zero-order chi connectivity index (χ0) is 12.6. The Hall–Kier alpha value is -0.233. The lowest BCUT2D eigenvalue weighted by Crippen LogP contribution is -2.42. The zero-order valence-electron chi connectivity index (χ0n) is 11.0. The fourth-order valence-corrected chi connectivity index (χ4v) is 3.57. The summed E-state index contributed by atoms with van der Waals surface area (Å²) in [7, 11) is 2.39. The van der Waals surface area contributed by atoms with Gasteiger partial charge in [-0.1, -0.05) is 6.92 Å². The van der Waals surface area contributed by atoms with Crippen molar-refractivity contribution in [1.82, 2.24) is 0 Å². The first-order valence-corrected chi connectivity index (χ1v) is 7.64. The summed E-state index contributed by atoms with van der Waals surface area (Å²) >= 11 is 0. The summed E-state index contributed by atoms with van der Waals surface area (Å²) < 4.78 is 16.0. The molecule has 0 aliphatic rings. The van der Waals surface area contributed by atoms with Crippen molar-refractivity contribution >= 4 is 14.6 Å². The molecule has 0 spiro atoms. The smallest absolute Gasteiger partial charge is 0.377 e. The number of hydrogen-bond acceptors (Lipinski definition) is 4. The van der Waals surface area contributed by atoms with E-state index in [9.17, 15) is 4.79 Å². The zero-order valence-corrected chi connectivity index (χ0v) is 12.0. The molecule has 0 bridgehead atoms. The van der Waals surface area contributed by atoms with Crippen molar-refractivity contribution in [2.45, 2.75) is 39.2 Å². The molecule has 0 heterocycles. The van der Waals surface area contributed by atoms with E-state index >= 15 is 0 Å². The van der Waals surface area contributed by atoms with Gasteiger partial charge in [0.15, 0.2) is 0 Å². The van der Waals surface area contributed by atoms with Gasteiger partial charge in [0.2, 0.25) is 0 Å². The molecule has 0 N–H and O–H groups in total. The second-order valence-corrected chi connectivity index (χ2v) is 6.99. The summed E-state index contributed by atoms with van der Waals surface area (Å²) in [5, 5.41) is 0. The number of hydrogen-bond donors (Lipinski definition) is 0. The van der Waals surface area contributed by atoms with Gasteiger partial charge in [-0.15, -0.1) is 0 Å². The van der Waals surface area contributed by atoms with Gasteiger partial charge in [0.1, 0.15) is 5.78 Å². The van der Waals surface area contributed by atoms with Crippen molar-refractivity contribution in [2.75, 3.05) is 21.3 Å². The van der Waals surface area contributed by atoms with E-state index in [1.807, 2.05) is 6.92 Å². The molecule has 1 atom stereocenters. The van der Waals surface area contributed by atoms with Crippen LogP contribution >= 0.6 is 0 Å². The van der Waals surface area contributed by atoms with Gasteiger partial charge in [-0.2, -0.15) is 0 Å². The molecule has 0 aromatic rings. The van der Waals surface area contributed by atoms with Gasteiger partial charge in [0.05, 0.1) is 0 Å². The molecule has 0 radical (unpaired) electrons. The van der Waals surface area contributed by atoms with Crippen molar-refractivity contribution in [2.24, 2.45) is 5.92 Å². The molecule has 0 saturated heterocycles. The van der Waals surface area contributed by atoms with Crippen LogP contribution < -0.4 is 0 Å². The van der Waals surface area contributed by atoms with Crippen molar-refractivity contribution in [3.63, 3.8) is 0 Å². The summed E-state index contributed by atoms with van der Waals surface area (Å²) in [5.41, 5.74) is 0. The molecule has 0 saturated carbocycles. The maximum absolute atomic E-state index is 11.3.